The highest BCUT2D eigenvalue weighted by atomic mass is 19.2. The number of piperidine rings is 1. The molecule has 3 aromatic rings. The second-order valence-electron chi connectivity index (χ2n) is 13.1. The number of halogens is 3. The van der Waals surface area contributed by atoms with E-state index >= 15 is 0 Å². The Hall–Kier alpha value is -4.10. The molecule has 250 valence electrons. The first-order valence-corrected chi connectivity index (χ1v) is 15.8. The lowest BCUT2D eigenvalue weighted by Crippen LogP contribution is -2.43. The number of alkyl carbamates (subject to hydrolysis) is 1. The summed E-state index contributed by atoms with van der Waals surface area (Å²) in [6, 6.07) is 1.27. The van der Waals surface area contributed by atoms with E-state index in [4.69, 9.17) is 14.0 Å². The molecule has 11 nitrogen and oxygen atoms in total. The third-order valence-corrected chi connectivity index (χ3v) is 8.59. The van der Waals surface area contributed by atoms with Crippen LogP contribution < -0.4 is 19.9 Å². The number of aryl methyl sites for hydroxylation is 1. The summed E-state index contributed by atoms with van der Waals surface area (Å²) >= 11 is 0. The third kappa shape index (κ3) is 8.18. The molecule has 0 bridgehead atoms. The molecule has 2 fully saturated rings. The van der Waals surface area contributed by atoms with Gasteiger partial charge in [0.05, 0.1) is 25.0 Å². The van der Waals surface area contributed by atoms with Gasteiger partial charge in [-0.25, -0.2) is 27.9 Å². The van der Waals surface area contributed by atoms with Crippen molar-refractivity contribution in [2.45, 2.75) is 77.9 Å². The van der Waals surface area contributed by atoms with Crippen LogP contribution in [0.1, 0.15) is 71.2 Å². The number of ether oxygens (including phenoxy) is 2. The van der Waals surface area contributed by atoms with Crippen molar-refractivity contribution in [1.29, 1.82) is 0 Å². The van der Waals surface area contributed by atoms with Gasteiger partial charge in [-0.1, -0.05) is 19.0 Å². The lowest BCUT2D eigenvalue weighted by Gasteiger charge is -2.33. The third-order valence-electron chi connectivity index (χ3n) is 8.59. The molecular weight excluding hydrogens is 603 g/mol. The van der Waals surface area contributed by atoms with E-state index in [-0.39, 0.29) is 18.7 Å². The van der Waals surface area contributed by atoms with Gasteiger partial charge in [0.15, 0.2) is 23.2 Å². The molecule has 5 rings (SSSR count). The normalized spacial score (nSPS) is 19.7. The first-order chi connectivity index (χ1) is 21.9. The van der Waals surface area contributed by atoms with Gasteiger partial charge in [-0.2, -0.15) is 4.98 Å². The molecule has 2 aliphatic rings. The van der Waals surface area contributed by atoms with E-state index in [0.717, 1.165) is 50.7 Å². The lowest BCUT2D eigenvalue weighted by atomic mass is 9.84. The average Bonchev–Trinajstić information content (AvgIpc) is 3.66. The monoisotopic (exact) mass is 645 g/mol. The molecular formula is C32H42F3N7O4. The van der Waals surface area contributed by atoms with Gasteiger partial charge in [-0.05, 0) is 63.5 Å². The van der Waals surface area contributed by atoms with Gasteiger partial charge in [-0.3, -0.25) is 0 Å². The van der Waals surface area contributed by atoms with Crippen LogP contribution in [0, 0.1) is 29.3 Å². The van der Waals surface area contributed by atoms with Crippen molar-refractivity contribution in [3.63, 3.8) is 0 Å². The number of benzene rings is 1. The van der Waals surface area contributed by atoms with Crippen LogP contribution in [0.2, 0.25) is 0 Å². The van der Waals surface area contributed by atoms with E-state index in [9.17, 15) is 18.0 Å². The maximum atomic E-state index is 14.8. The predicted octanol–water partition coefficient (Wildman–Crippen LogP) is 5.66. The summed E-state index contributed by atoms with van der Waals surface area (Å²) < 4.78 is 59.3. The molecule has 3 atom stereocenters. The molecule has 2 saturated heterocycles. The summed E-state index contributed by atoms with van der Waals surface area (Å²) in [5.74, 6) is -1.46. The Bertz CT molecular complexity index is 1480. The maximum Gasteiger partial charge on any atom is 0.407 e. The van der Waals surface area contributed by atoms with Crippen LogP contribution in [0.5, 0.6) is 5.75 Å². The van der Waals surface area contributed by atoms with Gasteiger partial charge in [0.1, 0.15) is 11.4 Å². The van der Waals surface area contributed by atoms with Crippen LogP contribution in [0.3, 0.4) is 0 Å². The van der Waals surface area contributed by atoms with Crippen LogP contribution in [-0.4, -0.2) is 70.6 Å². The van der Waals surface area contributed by atoms with Gasteiger partial charge < -0.3 is 29.1 Å². The summed E-state index contributed by atoms with van der Waals surface area (Å²) in [6.45, 7) is 12.0. The smallest absolute Gasteiger partial charge is 0.407 e. The van der Waals surface area contributed by atoms with Crippen molar-refractivity contribution < 1.29 is 32.0 Å². The second kappa shape index (κ2) is 14.1. The Morgan fingerprint density at radius 3 is 2.41 bits per heavy atom. The number of rotatable bonds is 10. The summed E-state index contributed by atoms with van der Waals surface area (Å²) in [5.41, 5.74) is -0.809. The molecule has 46 heavy (non-hydrogen) atoms. The standard InChI is InChI=1S/C32H42F3N7O4/c1-6-28-39-30(46-40-28)41-10-7-20(8-11-41)19(2)9-12-44-21-15-36-29(37-16-21)42-17-23(22-13-25(34)26(35)14-24(22)33)27(18-42)38-31(43)45-32(3,4)5/h13-16,19-20,23,27H,6-12,17-18H2,1-5H3,(H,38,43)/t19?,23-,27+/m1/s1. The van der Waals surface area contributed by atoms with Crippen LogP contribution in [0.25, 0.3) is 0 Å². The first kappa shape index (κ1) is 33.3. The molecule has 14 heteroatoms. The van der Waals surface area contributed by atoms with E-state index in [0.29, 0.717) is 42.2 Å². The minimum absolute atomic E-state index is 0.0533. The number of hydrogen-bond donors (Lipinski definition) is 1. The minimum atomic E-state index is -1.28. The molecule has 1 amide bonds. The zero-order valence-corrected chi connectivity index (χ0v) is 26.9. The lowest BCUT2D eigenvalue weighted by molar-refractivity contribution is 0.0504. The van der Waals surface area contributed by atoms with E-state index in [2.05, 4.69) is 37.2 Å². The van der Waals surface area contributed by atoms with Gasteiger partial charge in [0, 0.05) is 44.6 Å². The fourth-order valence-corrected chi connectivity index (χ4v) is 6.03. The molecule has 0 aliphatic carbocycles. The maximum absolute atomic E-state index is 14.8. The van der Waals surface area contributed by atoms with E-state index in [1.165, 1.54) is 0 Å². The van der Waals surface area contributed by atoms with E-state index in [1.54, 1.807) is 38.1 Å². The molecule has 0 radical (unpaired) electrons. The average molecular weight is 646 g/mol. The number of aromatic nitrogens is 4. The number of carbonyl (C=O) groups is 1. The van der Waals surface area contributed by atoms with E-state index < -0.39 is 41.1 Å². The quantitative estimate of drug-likeness (QED) is 0.277. The van der Waals surface area contributed by atoms with Crippen molar-refractivity contribution in [3.8, 4) is 5.75 Å². The molecule has 4 heterocycles. The number of carbonyl (C=O) groups excluding carboxylic acids is 1. The Balaban J connectivity index is 1.15. The van der Waals surface area contributed by atoms with Gasteiger partial charge in [0.2, 0.25) is 5.95 Å². The van der Waals surface area contributed by atoms with Crippen molar-refractivity contribution >= 4 is 18.1 Å². The number of anilines is 2. The summed E-state index contributed by atoms with van der Waals surface area (Å²) in [6.07, 6.45) is 6.14. The molecule has 1 aromatic carbocycles. The number of nitrogens with zero attached hydrogens (tertiary/aromatic N) is 6. The van der Waals surface area contributed by atoms with Crippen molar-refractivity contribution in [2.75, 3.05) is 42.6 Å². The topological polar surface area (TPSA) is 119 Å². The Labute approximate surface area is 266 Å². The Morgan fingerprint density at radius 1 is 1.07 bits per heavy atom. The highest BCUT2D eigenvalue weighted by molar-refractivity contribution is 5.68. The second-order valence-corrected chi connectivity index (χ2v) is 13.1. The van der Waals surface area contributed by atoms with Gasteiger partial charge in [-0.15, -0.1) is 0 Å². The van der Waals surface area contributed by atoms with Gasteiger partial charge in [0.25, 0.3) is 0 Å². The molecule has 1 unspecified atom stereocenters. The van der Waals surface area contributed by atoms with Crippen LogP contribution in [0.4, 0.5) is 29.9 Å². The molecule has 1 N–H and O–H groups in total. The van der Waals surface area contributed by atoms with Crippen LogP contribution in [0.15, 0.2) is 29.0 Å². The highest BCUT2D eigenvalue weighted by Crippen LogP contribution is 2.33. The minimum Gasteiger partial charge on any atom is -0.490 e. The fourth-order valence-electron chi connectivity index (χ4n) is 6.03. The number of amides is 1. The molecule has 0 saturated carbocycles. The van der Waals surface area contributed by atoms with Crippen molar-refractivity contribution in [1.82, 2.24) is 25.4 Å². The zero-order chi connectivity index (χ0) is 33.0. The molecule has 2 aliphatic heterocycles. The Kier molecular flexibility index (Phi) is 10.2. The molecule has 2 aromatic heterocycles. The van der Waals surface area contributed by atoms with Crippen LogP contribution >= 0.6 is 0 Å². The summed E-state index contributed by atoms with van der Waals surface area (Å²) in [7, 11) is 0. The fraction of sp³-hybridized carbons (Fsp3) is 0.594. The highest BCUT2D eigenvalue weighted by Gasteiger charge is 2.39. The van der Waals surface area contributed by atoms with Crippen LogP contribution in [-0.2, 0) is 11.2 Å². The predicted molar refractivity (Wildman–Crippen MR) is 164 cm³/mol. The first-order valence-electron chi connectivity index (χ1n) is 15.8. The Morgan fingerprint density at radius 2 is 1.76 bits per heavy atom. The largest absolute Gasteiger partial charge is 0.490 e. The van der Waals surface area contributed by atoms with Crippen molar-refractivity contribution in [2.24, 2.45) is 11.8 Å². The van der Waals surface area contributed by atoms with Gasteiger partial charge >= 0.3 is 12.1 Å². The van der Waals surface area contributed by atoms with E-state index in [1.807, 2.05) is 6.92 Å². The SMILES string of the molecule is CCc1noc(N2CCC(C(C)CCOc3cnc(N4C[C@H](NC(=O)OC(C)(C)C)[C@@H](c5cc(F)c(F)cc5F)C4)nc3)CC2)n1. The summed E-state index contributed by atoms with van der Waals surface area (Å²) in [4.78, 5) is 29.8. The number of hydrogen-bond acceptors (Lipinski definition) is 10. The van der Waals surface area contributed by atoms with Crippen molar-refractivity contribution in [3.05, 3.63) is 53.4 Å². The molecule has 0 spiro atoms. The zero-order valence-electron chi connectivity index (χ0n) is 26.9. The number of nitrogens with one attached hydrogen (secondary N) is 1. The summed E-state index contributed by atoms with van der Waals surface area (Å²) in [5, 5.41) is 6.75.